The first-order valence-electron chi connectivity index (χ1n) is 6.68. The van der Waals surface area contributed by atoms with E-state index in [-0.39, 0.29) is 5.92 Å². The summed E-state index contributed by atoms with van der Waals surface area (Å²) in [7, 11) is 1.85. The van der Waals surface area contributed by atoms with Crippen molar-refractivity contribution >= 4 is 11.6 Å². The third-order valence-corrected chi connectivity index (χ3v) is 2.74. The van der Waals surface area contributed by atoms with Crippen molar-refractivity contribution in [2.75, 3.05) is 24.2 Å². The van der Waals surface area contributed by atoms with Crippen LogP contribution in [0.5, 0.6) is 0 Å². The fourth-order valence-corrected chi connectivity index (χ4v) is 1.69. The van der Waals surface area contributed by atoms with E-state index >= 15 is 0 Å². The molecule has 2 aromatic heterocycles. The Hall–Kier alpha value is -2.18. The van der Waals surface area contributed by atoms with Crippen LogP contribution in [0, 0.1) is 6.92 Å². The lowest BCUT2D eigenvalue weighted by molar-refractivity contribution is 0.387. The first-order valence-corrected chi connectivity index (χ1v) is 6.68. The summed E-state index contributed by atoms with van der Waals surface area (Å²) >= 11 is 0. The van der Waals surface area contributed by atoms with Crippen LogP contribution in [-0.2, 0) is 6.42 Å². The highest BCUT2D eigenvalue weighted by Crippen LogP contribution is 2.16. The third kappa shape index (κ3) is 3.66. The summed E-state index contributed by atoms with van der Waals surface area (Å²) in [6, 6.07) is 1.88. The van der Waals surface area contributed by atoms with Gasteiger partial charge in [-0.05, 0) is 0 Å². The van der Waals surface area contributed by atoms with Crippen LogP contribution < -0.4 is 10.6 Å². The van der Waals surface area contributed by atoms with Gasteiger partial charge in [-0.1, -0.05) is 19.0 Å². The smallest absolute Gasteiger partial charge is 0.223 e. The minimum atomic E-state index is 0.281. The van der Waals surface area contributed by atoms with Crippen LogP contribution >= 0.6 is 0 Å². The molecular weight excluding hydrogens is 256 g/mol. The molecule has 0 amide bonds. The van der Waals surface area contributed by atoms with E-state index in [1.54, 1.807) is 6.92 Å². The van der Waals surface area contributed by atoms with Gasteiger partial charge < -0.3 is 15.2 Å². The second kappa shape index (κ2) is 6.31. The summed E-state index contributed by atoms with van der Waals surface area (Å²) in [5.41, 5.74) is 0. The third-order valence-electron chi connectivity index (χ3n) is 2.74. The van der Waals surface area contributed by atoms with Crippen LogP contribution in [0.25, 0.3) is 0 Å². The largest absolute Gasteiger partial charge is 0.373 e. The molecule has 0 aliphatic carbocycles. The Balaban J connectivity index is 1.99. The average molecular weight is 276 g/mol. The second-order valence-corrected chi connectivity index (χ2v) is 4.81. The van der Waals surface area contributed by atoms with Crippen LogP contribution in [0.2, 0.25) is 0 Å². The predicted octanol–water partition coefficient (Wildman–Crippen LogP) is 1.99. The Morgan fingerprint density at radius 3 is 2.55 bits per heavy atom. The predicted molar refractivity (Wildman–Crippen MR) is 76.9 cm³/mol. The molecule has 2 rings (SSSR count). The maximum atomic E-state index is 4.93. The zero-order chi connectivity index (χ0) is 14.5. The van der Waals surface area contributed by atoms with Gasteiger partial charge in [0.2, 0.25) is 5.89 Å². The molecule has 7 nitrogen and oxygen atoms in total. The number of nitrogens with zero attached hydrogens (tertiary/aromatic N) is 4. The molecule has 0 aliphatic heterocycles. The van der Waals surface area contributed by atoms with Crippen LogP contribution in [0.15, 0.2) is 10.6 Å². The molecule has 7 heteroatoms. The van der Waals surface area contributed by atoms with Crippen molar-refractivity contribution in [1.29, 1.82) is 0 Å². The highest BCUT2D eigenvalue weighted by Gasteiger charge is 2.08. The number of aryl methyl sites for hydroxylation is 1. The van der Waals surface area contributed by atoms with E-state index in [0.29, 0.717) is 24.7 Å². The monoisotopic (exact) mass is 276 g/mol. The van der Waals surface area contributed by atoms with Gasteiger partial charge in [-0.15, -0.1) is 0 Å². The van der Waals surface area contributed by atoms with Gasteiger partial charge in [0.25, 0.3) is 0 Å². The van der Waals surface area contributed by atoms with E-state index in [4.69, 9.17) is 4.52 Å². The number of nitrogens with one attached hydrogen (secondary N) is 2. The van der Waals surface area contributed by atoms with Crippen LogP contribution in [0.1, 0.15) is 37.3 Å². The maximum absolute atomic E-state index is 4.93. The van der Waals surface area contributed by atoms with E-state index in [9.17, 15) is 0 Å². The van der Waals surface area contributed by atoms with E-state index in [2.05, 4.69) is 44.6 Å². The number of aromatic nitrogens is 4. The molecule has 0 spiro atoms. The van der Waals surface area contributed by atoms with Gasteiger partial charge in [0, 0.05) is 38.9 Å². The highest BCUT2D eigenvalue weighted by molar-refractivity contribution is 5.47. The Bertz CT molecular complexity index is 566. The fraction of sp³-hybridized carbons (Fsp3) is 0.538. The lowest BCUT2D eigenvalue weighted by atomic mass is 10.2. The van der Waals surface area contributed by atoms with Gasteiger partial charge in [-0.3, -0.25) is 0 Å². The second-order valence-electron chi connectivity index (χ2n) is 4.81. The van der Waals surface area contributed by atoms with Crippen molar-refractivity contribution in [3.05, 3.63) is 23.6 Å². The molecule has 2 aromatic rings. The summed E-state index contributed by atoms with van der Waals surface area (Å²) in [5, 5.41) is 10.2. The molecule has 0 aliphatic rings. The normalized spacial score (nSPS) is 10.8. The standard InChI is InChI=1S/C13H20N6O/c1-8(2)13-17-11(14-4)7-12(18-13)15-6-5-10-16-9(3)20-19-10/h7-8H,5-6H2,1-4H3,(H2,14,15,17,18). The van der Waals surface area contributed by atoms with E-state index in [1.165, 1.54) is 0 Å². The summed E-state index contributed by atoms with van der Waals surface area (Å²) < 4.78 is 4.93. The topological polar surface area (TPSA) is 88.8 Å². The van der Waals surface area contributed by atoms with Crippen molar-refractivity contribution < 1.29 is 4.52 Å². The van der Waals surface area contributed by atoms with Gasteiger partial charge >= 0.3 is 0 Å². The minimum absolute atomic E-state index is 0.281. The number of rotatable bonds is 6. The zero-order valence-electron chi connectivity index (χ0n) is 12.3. The van der Waals surface area contributed by atoms with E-state index in [1.807, 2.05) is 13.1 Å². The number of hydrogen-bond donors (Lipinski definition) is 2. The van der Waals surface area contributed by atoms with Gasteiger partial charge in [0.05, 0.1) is 0 Å². The molecule has 2 heterocycles. The molecule has 0 saturated heterocycles. The molecule has 0 fully saturated rings. The Kier molecular flexibility index (Phi) is 4.49. The molecule has 20 heavy (non-hydrogen) atoms. The molecule has 0 saturated carbocycles. The van der Waals surface area contributed by atoms with Crippen LogP contribution in [0.3, 0.4) is 0 Å². The fourth-order valence-electron chi connectivity index (χ4n) is 1.69. The summed E-state index contributed by atoms with van der Waals surface area (Å²) in [5.74, 6) is 3.98. The van der Waals surface area contributed by atoms with Crippen molar-refractivity contribution in [3.8, 4) is 0 Å². The van der Waals surface area contributed by atoms with Gasteiger partial charge in [0.1, 0.15) is 17.5 Å². The van der Waals surface area contributed by atoms with Gasteiger partial charge in [-0.25, -0.2) is 9.97 Å². The highest BCUT2D eigenvalue weighted by atomic mass is 16.5. The number of hydrogen-bond acceptors (Lipinski definition) is 7. The minimum Gasteiger partial charge on any atom is -0.373 e. The van der Waals surface area contributed by atoms with Crippen LogP contribution in [0.4, 0.5) is 11.6 Å². The molecule has 2 N–H and O–H groups in total. The molecule has 0 bridgehead atoms. The van der Waals surface area contributed by atoms with Gasteiger partial charge in [-0.2, -0.15) is 4.98 Å². The molecule has 0 radical (unpaired) electrons. The Labute approximate surface area is 118 Å². The number of anilines is 2. The SMILES string of the molecule is CNc1cc(NCCc2noc(C)n2)nc(C(C)C)n1. The molecule has 108 valence electrons. The molecule has 0 unspecified atom stereocenters. The van der Waals surface area contributed by atoms with E-state index in [0.717, 1.165) is 17.5 Å². The van der Waals surface area contributed by atoms with Crippen LogP contribution in [-0.4, -0.2) is 33.7 Å². The zero-order valence-corrected chi connectivity index (χ0v) is 12.3. The molecular formula is C13H20N6O. The quantitative estimate of drug-likeness (QED) is 0.834. The maximum Gasteiger partial charge on any atom is 0.223 e. The van der Waals surface area contributed by atoms with Crippen molar-refractivity contribution in [2.24, 2.45) is 0 Å². The van der Waals surface area contributed by atoms with Crippen molar-refractivity contribution in [2.45, 2.75) is 33.1 Å². The molecule has 0 atom stereocenters. The van der Waals surface area contributed by atoms with E-state index < -0.39 is 0 Å². The summed E-state index contributed by atoms with van der Waals surface area (Å²) in [6.45, 7) is 6.61. The summed E-state index contributed by atoms with van der Waals surface area (Å²) in [6.07, 6.45) is 0.688. The van der Waals surface area contributed by atoms with Crippen molar-refractivity contribution in [1.82, 2.24) is 20.1 Å². The lowest BCUT2D eigenvalue weighted by Crippen LogP contribution is -2.10. The first kappa shape index (κ1) is 14.2. The molecule has 0 aromatic carbocycles. The average Bonchev–Trinajstić information content (AvgIpc) is 2.84. The van der Waals surface area contributed by atoms with Crippen molar-refractivity contribution in [3.63, 3.8) is 0 Å². The Morgan fingerprint density at radius 2 is 1.95 bits per heavy atom. The lowest BCUT2D eigenvalue weighted by Gasteiger charge is -2.10. The summed E-state index contributed by atoms with van der Waals surface area (Å²) in [4.78, 5) is 13.1. The first-order chi connectivity index (χ1) is 9.58. The Morgan fingerprint density at radius 1 is 1.20 bits per heavy atom. The van der Waals surface area contributed by atoms with Gasteiger partial charge in [0.15, 0.2) is 5.82 Å².